The molecule has 8 nitrogen and oxygen atoms in total. The maximum absolute atomic E-state index is 11.4. The molecule has 1 atom stereocenters. The van der Waals surface area contributed by atoms with Crippen LogP contribution in [-0.4, -0.2) is 35.0 Å². The fourth-order valence-electron chi connectivity index (χ4n) is 2.34. The number of nitro groups is 1. The zero-order chi connectivity index (χ0) is 15.7. The zero-order valence-electron chi connectivity index (χ0n) is 11.4. The number of carboxylic acid groups (broad SMARTS) is 1. The van der Waals surface area contributed by atoms with Gasteiger partial charge >= 0.3 is 5.97 Å². The molecular weight excluding hydrogens is 278 g/mol. The second kappa shape index (κ2) is 5.39. The monoisotopic (exact) mass is 293 g/mol. The van der Waals surface area contributed by atoms with E-state index >= 15 is 0 Å². The number of primary amides is 1. The normalized spacial score (nSPS) is 16.1. The summed E-state index contributed by atoms with van der Waals surface area (Å²) in [6.45, 7) is 2.59. The minimum Gasteiger partial charge on any atom is -0.481 e. The number of hydrogen-bond acceptors (Lipinski definition) is 5. The van der Waals surface area contributed by atoms with Crippen LogP contribution in [0.25, 0.3) is 0 Å². The van der Waals surface area contributed by atoms with Gasteiger partial charge in [-0.25, -0.2) is 0 Å². The molecule has 1 aromatic rings. The molecule has 0 saturated carbocycles. The molecule has 1 aliphatic heterocycles. The Bertz CT molecular complexity index is 610. The molecule has 2 rings (SSSR count). The predicted molar refractivity (Wildman–Crippen MR) is 74.1 cm³/mol. The van der Waals surface area contributed by atoms with Crippen LogP contribution in [0.15, 0.2) is 18.2 Å². The molecule has 3 N–H and O–H groups in total. The Balaban J connectivity index is 2.20. The lowest BCUT2D eigenvalue weighted by Crippen LogP contribution is -2.51. The predicted octanol–water partition coefficient (Wildman–Crippen LogP) is 0.851. The molecule has 1 saturated heterocycles. The first-order valence-corrected chi connectivity index (χ1v) is 6.37. The second-order valence-electron chi connectivity index (χ2n) is 5.11. The molecule has 1 aromatic carbocycles. The summed E-state index contributed by atoms with van der Waals surface area (Å²) in [6.07, 6.45) is 0. The molecule has 1 aliphatic rings. The van der Waals surface area contributed by atoms with E-state index in [1.54, 1.807) is 11.8 Å². The number of aliphatic carboxylic acids is 1. The van der Waals surface area contributed by atoms with Crippen LogP contribution < -0.4 is 10.6 Å². The molecule has 0 aliphatic carbocycles. The molecule has 21 heavy (non-hydrogen) atoms. The van der Waals surface area contributed by atoms with E-state index in [9.17, 15) is 19.7 Å². The van der Waals surface area contributed by atoms with Crippen molar-refractivity contribution >= 4 is 23.3 Å². The molecule has 0 bridgehead atoms. The molecule has 0 radical (unpaired) electrons. The van der Waals surface area contributed by atoms with Crippen molar-refractivity contribution in [3.05, 3.63) is 33.9 Å². The number of carbonyl (C=O) groups is 2. The summed E-state index contributed by atoms with van der Waals surface area (Å²) in [5.41, 5.74) is 5.63. The summed E-state index contributed by atoms with van der Waals surface area (Å²) >= 11 is 0. The number of amides is 1. The standard InChI is InChI=1S/C13H15N3O5/c1-7(13(18)19)8-5-15(6-8)11-3-2-9(16(20)21)4-10(11)12(14)17/h2-4,7-8H,5-6H2,1H3,(H2,14,17)(H,18,19). The fourth-order valence-corrected chi connectivity index (χ4v) is 2.34. The van der Waals surface area contributed by atoms with Crippen LogP contribution in [0.2, 0.25) is 0 Å². The average Bonchev–Trinajstić information content (AvgIpc) is 2.36. The van der Waals surface area contributed by atoms with Gasteiger partial charge < -0.3 is 15.7 Å². The number of nitro benzene ring substituents is 1. The van der Waals surface area contributed by atoms with Gasteiger partial charge in [-0.1, -0.05) is 6.92 Å². The van der Waals surface area contributed by atoms with Crippen molar-refractivity contribution in [1.29, 1.82) is 0 Å². The highest BCUT2D eigenvalue weighted by Crippen LogP contribution is 2.33. The van der Waals surface area contributed by atoms with Gasteiger partial charge in [0.25, 0.3) is 11.6 Å². The first-order valence-electron chi connectivity index (χ1n) is 6.37. The van der Waals surface area contributed by atoms with Crippen LogP contribution in [-0.2, 0) is 4.79 Å². The van der Waals surface area contributed by atoms with Crippen molar-refractivity contribution in [3.63, 3.8) is 0 Å². The summed E-state index contributed by atoms with van der Waals surface area (Å²) in [4.78, 5) is 34.3. The number of hydrogen-bond donors (Lipinski definition) is 2. The van der Waals surface area contributed by atoms with E-state index in [0.29, 0.717) is 18.8 Å². The molecule has 1 amide bonds. The first-order chi connectivity index (χ1) is 9.81. The van der Waals surface area contributed by atoms with Crippen molar-refractivity contribution < 1.29 is 19.6 Å². The van der Waals surface area contributed by atoms with Crippen LogP contribution in [0.3, 0.4) is 0 Å². The third-order valence-electron chi connectivity index (χ3n) is 3.80. The van der Waals surface area contributed by atoms with Crippen molar-refractivity contribution in [1.82, 2.24) is 0 Å². The molecule has 0 aromatic heterocycles. The number of carboxylic acids is 1. The summed E-state index contributed by atoms with van der Waals surface area (Å²) < 4.78 is 0. The lowest BCUT2D eigenvalue weighted by atomic mass is 9.86. The highest BCUT2D eigenvalue weighted by atomic mass is 16.6. The van der Waals surface area contributed by atoms with Gasteiger partial charge in [0.05, 0.1) is 22.1 Å². The van der Waals surface area contributed by atoms with E-state index in [2.05, 4.69) is 0 Å². The lowest BCUT2D eigenvalue weighted by Gasteiger charge is -2.43. The molecule has 112 valence electrons. The number of carbonyl (C=O) groups excluding carboxylic acids is 1. The number of benzene rings is 1. The molecule has 1 unspecified atom stereocenters. The van der Waals surface area contributed by atoms with Gasteiger partial charge in [-0.15, -0.1) is 0 Å². The quantitative estimate of drug-likeness (QED) is 0.612. The second-order valence-corrected chi connectivity index (χ2v) is 5.11. The van der Waals surface area contributed by atoms with Crippen LogP contribution in [0.5, 0.6) is 0 Å². The summed E-state index contributed by atoms with van der Waals surface area (Å²) in [7, 11) is 0. The van der Waals surface area contributed by atoms with Crippen LogP contribution in [0.4, 0.5) is 11.4 Å². The summed E-state index contributed by atoms with van der Waals surface area (Å²) in [6, 6.07) is 3.92. The molecule has 8 heteroatoms. The van der Waals surface area contributed by atoms with E-state index < -0.39 is 22.7 Å². The van der Waals surface area contributed by atoms with Gasteiger partial charge in [0.15, 0.2) is 0 Å². The Labute approximate surface area is 120 Å². The number of non-ortho nitro benzene ring substituents is 1. The summed E-state index contributed by atoms with van der Waals surface area (Å²) in [5.74, 6) is -2.10. The van der Waals surface area contributed by atoms with Crippen molar-refractivity contribution in [2.45, 2.75) is 6.92 Å². The molecule has 1 fully saturated rings. The minimum absolute atomic E-state index is 0.0154. The Hall–Kier alpha value is -2.64. The Morgan fingerprint density at radius 1 is 1.48 bits per heavy atom. The van der Waals surface area contributed by atoms with Gasteiger partial charge in [0.2, 0.25) is 0 Å². The number of rotatable bonds is 5. The van der Waals surface area contributed by atoms with E-state index in [1.165, 1.54) is 12.1 Å². The van der Waals surface area contributed by atoms with Crippen LogP contribution in [0, 0.1) is 22.0 Å². The highest BCUT2D eigenvalue weighted by Gasteiger charge is 2.36. The SMILES string of the molecule is CC(C(=O)O)C1CN(c2ccc([N+](=O)[O-])cc2C(N)=O)C1. The number of anilines is 1. The molecular formula is C13H15N3O5. The van der Waals surface area contributed by atoms with E-state index in [0.717, 1.165) is 6.07 Å². The Kier molecular flexibility index (Phi) is 3.79. The Morgan fingerprint density at radius 2 is 2.10 bits per heavy atom. The number of nitrogens with two attached hydrogens (primary N) is 1. The topological polar surface area (TPSA) is 127 Å². The largest absolute Gasteiger partial charge is 0.481 e. The Morgan fingerprint density at radius 3 is 2.57 bits per heavy atom. The third kappa shape index (κ3) is 2.78. The maximum Gasteiger partial charge on any atom is 0.306 e. The first kappa shape index (κ1) is 14.8. The van der Waals surface area contributed by atoms with Crippen molar-refractivity contribution in [2.75, 3.05) is 18.0 Å². The van der Waals surface area contributed by atoms with Gasteiger partial charge in [-0.2, -0.15) is 0 Å². The summed E-state index contributed by atoms with van der Waals surface area (Å²) in [5, 5.41) is 19.7. The van der Waals surface area contributed by atoms with E-state index in [-0.39, 0.29) is 17.2 Å². The zero-order valence-corrected chi connectivity index (χ0v) is 11.4. The maximum atomic E-state index is 11.4. The average molecular weight is 293 g/mol. The highest BCUT2D eigenvalue weighted by molar-refractivity contribution is 5.99. The minimum atomic E-state index is -0.863. The van der Waals surface area contributed by atoms with Crippen LogP contribution in [0.1, 0.15) is 17.3 Å². The molecule has 0 spiro atoms. The van der Waals surface area contributed by atoms with Crippen molar-refractivity contribution in [3.8, 4) is 0 Å². The smallest absolute Gasteiger partial charge is 0.306 e. The molecule has 1 heterocycles. The number of nitrogens with zero attached hydrogens (tertiary/aromatic N) is 2. The third-order valence-corrected chi connectivity index (χ3v) is 3.80. The van der Waals surface area contributed by atoms with Crippen LogP contribution >= 0.6 is 0 Å². The fraction of sp³-hybridized carbons (Fsp3) is 0.385. The van der Waals surface area contributed by atoms with Gasteiger partial charge in [-0.3, -0.25) is 19.7 Å². The van der Waals surface area contributed by atoms with Gasteiger partial charge in [-0.05, 0) is 6.07 Å². The van der Waals surface area contributed by atoms with Gasteiger partial charge in [0.1, 0.15) is 0 Å². The van der Waals surface area contributed by atoms with E-state index in [4.69, 9.17) is 10.8 Å². The van der Waals surface area contributed by atoms with Gasteiger partial charge in [0, 0.05) is 31.1 Å². The van der Waals surface area contributed by atoms with E-state index in [1.807, 2.05) is 0 Å². The van der Waals surface area contributed by atoms with Crippen molar-refractivity contribution in [2.24, 2.45) is 17.6 Å². The lowest BCUT2D eigenvalue weighted by molar-refractivity contribution is -0.384.